The number of carbonyl (C=O) groups excluding carboxylic acids is 1. The van der Waals surface area contributed by atoms with Crippen molar-refractivity contribution in [3.8, 4) is 5.75 Å². The third-order valence-corrected chi connectivity index (χ3v) is 3.07. The van der Waals surface area contributed by atoms with Crippen LogP contribution in [0.4, 0.5) is 5.69 Å². The van der Waals surface area contributed by atoms with Gasteiger partial charge in [0.05, 0.1) is 25.7 Å². The molecule has 1 aromatic rings. The molecule has 1 aromatic carbocycles. The molecule has 0 radical (unpaired) electrons. The first-order chi connectivity index (χ1) is 9.58. The molecule has 1 amide bonds. The molecule has 2 N–H and O–H groups in total. The van der Waals surface area contributed by atoms with Gasteiger partial charge in [-0.25, -0.2) is 0 Å². The number of nitrogens with two attached hydrogens (primary N) is 1. The summed E-state index contributed by atoms with van der Waals surface area (Å²) in [7, 11) is 1.64. The lowest BCUT2D eigenvalue weighted by Crippen LogP contribution is -2.41. The van der Waals surface area contributed by atoms with Gasteiger partial charge < -0.3 is 20.1 Å². The largest absolute Gasteiger partial charge is 0.493 e. The van der Waals surface area contributed by atoms with Gasteiger partial charge >= 0.3 is 0 Å². The van der Waals surface area contributed by atoms with Gasteiger partial charge in [-0.15, -0.1) is 0 Å². The van der Waals surface area contributed by atoms with Crippen LogP contribution in [0.1, 0.15) is 20.3 Å². The number of hydrogen-bond donors (Lipinski definition) is 1. The lowest BCUT2D eigenvalue weighted by atomic mass is 10.2. The quantitative estimate of drug-likeness (QED) is 0.739. The highest BCUT2D eigenvalue weighted by molar-refractivity contribution is 5.76. The third-order valence-electron chi connectivity index (χ3n) is 3.07. The Morgan fingerprint density at radius 3 is 2.55 bits per heavy atom. The van der Waals surface area contributed by atoms with Crippen molar-refractivity contribution in [1.82, 2.24) is 4.90 Å². The summed E-state index contributed by atoms with van der Waals surface area (Å²) in [5.74, 6) is 0.799. The van der Waals surface area contributed by atoms with Crippen molar-refractivity contribution in [2.45, 2.75) is 26.3 Å². The van der Waals surface area contributed by atoms with E-state index in [0.717, 1.165) is 5.75 Å². The van der Waals surface area contributed by atoms with Crippen LogP contribution in [0.5, 0.6) is 5.75 Å². The molecule has 0 aliphatic carbocycles. The Morgan fingerprint density at radius 2 is 2.00 bits per heavy atom. The van der Waals surface area contributed by atoms with Crippen molar-refractivity contribution in [3.05, 3.63) is 24.3 Å². The number of amides is 1. The SMILES string of the molecule is CCN(C(=O)CCOc1ccc(N)cc1)C(C)COC. The Kier molecular flexibility index (Phi) is 6.87. The molecule has 0 bridgehead atoms. The molecule has 0 saturated carbocycles. The van der Waals surface area contributed by atoms with E-state index >= 15 is 0 Å². The number of ether oxygens (including phenoxy) is 2. The molecule has 1 unspecified atom stereocenters. The number of hydrogen-bond acceptors (Lipinski definition) is 4. The van der Waals surface area contributed by atoms with Crippen molar-refractivity contribution in [2.75, 3.05) is 32.6 Å². The van der Waals surface area contributed by atoms with E-state index in [1.165, 1.54) is 0 Å². The number of likely N-dealkylation sites (N-methyl/N-ethyl adjacent to an activating group) is 1. The van der Waals surface area contributed by atoms with Gasteiger partial charge in [0, 0.05) is 19.3 Å². The van der Waals surface area contributed by atoms with Gasteiger partial charge in [0.2, 0.25) is 5.91 Å². The summed E-state index contributed by atoms with van der Waals surface area (Å²) in [4.78, 5) is 13.9. The number of anilines is 1. The van der Waals surface area contributed by atoms with Crippen LogP contribution in [0.3, 0.4) is 0 Å². The zero-order valence-electron chi connectivity index (χ0n) is 12.5. The van der Waals surface area contributed by atoms with Crippen LogP contribution < -0.4 is 10.5 Å². The summed E-state index contributed by atoms with van der Waals surface area (Å²) < 4.78 is 10.6. The molecule has 5 nitrogen and oxygen atoms in total. The van der Waals surface area contributed by atoms with Crippen LogP contribution in [0.15, 0.2) is 24.3 Å². The Hall–Kier alpha value is -1.75. The van der Waals surface area contributed by atoms with Gasteiger partial charge in [0.25, 0.3) is 0 Å². The summed E-state index contributed by atoms with van der Waals surface area (Å²) in [6, 6.07) is 7.22. The lowest BCUT2D eigenvalue weighted by molar-refractivity contribution is -0.134. The van der Waals surface area contributed by atoms with Crippen LogP contribution in [0, 0.1) is 0 Å². The minimum Gasteiger partial charge on any atom is -0.493 e. The maximum Gasteiger partial charge on any atom is 0.226 e. The molecule has 1 rings (SSSR count). The molecule has 20 heavy (non-hydrogen) atoms. The Labute approximate surface area is 120 Å². The normalized spacial score (nSPS) is 11.9. The molecular weight excluding hydrogens is 256 g/mol. The first kappa shape index (κ1) is 16.3. The smallest absolute Gasteiger partial charge is 0.226 e. The molecule has 0 aliphatic heterocycles. The average Bonchev–Trinajstić information content (AvgIpc) is 2.42. The number of nitrogen functional groups attached to an aromatic ring is 1. The molecule has 0 spiro atoms. The third kappa shape index (κ3) is 5.09. The van der Waals surface area contributed by atoms with Crippen molar-refractivity contribution in [2.24, 2.45) is 0 Å². The number of carbonyl (C=O) groups is 1. The van der Waals surface area contributed by atoms with E-state index in [2.05, 4.69) is 0 Å². The Morgan fingerprint density at radius 1 is 1.35 bits per heavy atom. The summed E-state index contributed by atoms with van der Waals surface area (Å²) in [6.07, 6.45) is 0.353. The second-order valence-electron chi connectivity index (χ2n) is 4.65. The molecule has 0 heterocycles. The highest BCUT2D eigenvalue weighted by Crippen LogP contribution is 2.13. The van der Waals surface area contributed by atoms with Crippen LogP contribution in [-0.2, 0) is 9.53 Å². The lowest BCUT2D eigenvalue weighted by Gasteiger charge is -2.27. The fourth-order valence-corrected chi connectivity index (χ4v) is 2.03. The zero-order chi connectivity index (χ0) is 15.0. The first-order valence-corrected chi connectivity index (χ1v) is 6.85. The zero-order valence-corrected chi connectivity index (χ0v) is 12.5. The highest BCUT2D eigenvalue weighted by Gasteiger charge is 2.17. The van der Waals surface area contributed by atoms with Crippen molar-refractivity contribution >= 4 is 11.6 Å². The van der Waals surface area contributed by atoms with Gasteiger partial charge in [-0.1, -0.05) is 0 Å². The molecular formula is C15H24N2O3. The summed E-state index contributed by atoms with van der Waals surface area (Å²) in [5, 5.41) is 0. The minimum atomic E-state index is 0.0764. The standard InChI is InChI=1S/C15H24N2O3/c1-4-17(12(2)11-19-3)15(18)9-10-20-14-7-5-13(16)6-8-14/h5-8,12H,4,9-11,16H2,1-3H3. The van der Waals surface area contributed by atoms with E-state index in [9.17, 15) is 4.79 Å². The van der Waals surface area contributed by atoms with E-state index in [-0.39, 0.29) is 11.9 Å². The topological polar surface area (TPSA) is 64.8 Å². The van der Waals surface area contributed by atoms with Gasteiger partial charge in [-0.2, -0.15) is 0 Å². The van der Waals surface area contributed by atoms with Gasteiger partial charge in [0.1, 0.15) is 5.75 Å². The fourth-order valence-electron chi connectivity index (χ4n) is 2.03. The van der Waals surface area contributed by atoms with Crippen LogP contribution in [0.25, 0.3) is 0 Å². The van der Waals surface area contributed by atoms with E-state index < -0.39 is 0 Å². The van der Waals surface area contributed by atoms with Gasteiger partial charge in [0.15, 0.2) is 0 Å². The van der Waals surface area contributed by atoms with Crippen molar-refractivity contribution in [1.29, 1.82) is 0 Å². The van der Waals surface area contributed by atoms with Gasteiger partial charge in [-0.05, 0) is 38.1 Å². The second-order valence-corrected chi connectivity index (χ2v) is 4.65. The predicted octanol–water partition coefficient (Wildman–Crippen LogP) is 1.92. The number of rotatable bonds is 8. The molecule has 1 atom stereocenters. The Bertz CT molecular complexity index is 406. The summed E-state index contributed by atoms with van der Waals surface area (Å²) >= 11 is 0. The van der Waals surface area contributed by atoms with Crippen molar-refractivity contribution in [3.63, 3.8) is 0 Å². The molecule has 5 heteroatoms. The highest BCUT2D eigenvalue weighted by atomic mass is 16.5. The average molecular weight is 280 g/mol. The molecule has 112 valence electrons. The molecule has 0 fully saturated rings. The first-order valence-electron chi connectivity index (χ1n) is 6.85. The van der Waals surface area contributed by atoms with Crippen LogP contribution >= 0.6 is 0 Å². The maximum absolute atomic E-state index is 12.1. The number of nitrogens with zero attached hydrogens (tertiary/aromatic N) is 1. The monoisotopic (exact) mass is 280 g/mol. The van der Waals surface area contributed by atoms with E-state index in [4.69, 9.17) is 15.2 Å². The minimum absolute atomic E-state index is 0.0764. The number of methoxy groups -OCH3 is 1. The molecule has 0 aromatic heterocycles. The molecule has 0 aliphatic rings. The Balaban J connectivity index is 2.39. The predicted molar refractivity (Wildman–Crippen MR) is 79.7 cm³/mol. The van der Waals surface area contributed by atoms with Crippen LogP contribution in [0.2, 0.25) is 0 Å². The van der Waals surface area contributed by atoms with Crippen LogP contribution in [-0.4, -0.2) is 43.7 Å². The number of benzene rings is 1. The summed E-state index contributed by atoms with van der Waals surface area (Å²) in [6.45, 7) is 5.51. The fraction of sp³-hybridized carbons (Fsp3) is 0.533. The van der Waals surface area contributed by atoms with E-state index in [1.54, 1.807) is 36.3 Å². The van der Waals surface area contributed by atoms with E-state index in [0.29, 0.717) is 31.9 Å². The molecule has 0 saturated heterocycles. The van der Waals surface area contributed by atoms with Gasteiger partial charge in [-0.3, -0.25) is 4.79 Å². The summed E-state index contributed by atoms with van der Waals surface area (Å²) in [5.41, 5.74) is 6.29. The second kappa shape index (κ2) is 8.43. The van der Waals surface area contributed by atoms with Crippen molar-refractivity contribution < 1.29 is 14.3 Å². The maximum atomic E-state index is 12.1. The van der Waals surface area contributed by atoms with E-state index in [1.807, 2.05) is 13.8 Å².